The summed E-state index contributed by atoms with van der Waals surface area (Å²) in [5.74, 6) is 1.29. The molecular weight excluding hydrogens is 493 g/mol. The maximum Gasteiger partial charge on any atom is 0.141 e. The highest BCUT2D eigenvalue weighted by atomic mass is 19.1. The molecule has 7 nitrogen and oxygen atoms in total. The third-order valence-electron chi connectivity index (χ3n) is 7.75. The predicted molar refractivity (Wildman–Crippen MR) is 152 cm³/mol. The van der Waals surface area contributed by atoms with Crippen LogP contribution < -0.4 is 21.0 Å². The summed E-state index contributed by atoms with van der Waals surface area (Å²) in [5.41, 5.74) is 14.2. The van der Waals surface area contributed by atoms with Gasteiger partial charge in [0, 0.05) is 25.4 Å². The first-order valence-electron chi connectivity index (χ1n) is 13.8. The van der Waals surface area contributed by atoms with Gasteiger partial charge in [0.05, 0.1) is 6.61 Å². The second-order valence-corrected chi connectivity index (χ2v) is 10.6. The molecule has 3 aromatic rings. The van der Waals surface area contributed by atoms with Crippen LogP contribution in [0.1, 0.15) is 47.1 Å². The molecular formula is C31H38FN5O2. The molecule has 0 aromatic heterocycles. The van der Waals surface area contributed by atoms with E-state index >= 15 is 0 Å². The molecule has 0 bridgehead atoms. The zero-order chi connectivity index (χ0) is 27.2. The Morgan fingerprint density at radius 1 is 1.03 bits per heavy atom. The second kappa shape index (κ2) is 12.6. The fourth-order valence-electron chi connectivity index (χ4n) is 5.42. The first-order valence-corrected chi connectivity index (χ1v) is 13.8. The Morgan fingerprint density at radius 3 is 2.54 bits per heavy atom. The van der Waals surface area contributed by atoms with Gasteiger partial charge in [-0.25, -0.2) is 9.93 Å². The second-order valence-electron chi connectivity index (χ2n) is 10.6. The molecule has 1 unspecified atom stereocenters. The number of rotatable bonds is 10. The molecule has 39 heavy (non-hydrogen) atoms. The number of hydrogen-bond acceptors (Lipinski definition) is 7. The third-order valence-corrected chi connectivity index (χ3v) is 7.75. The van der Waals surface area contributed by atoms with E-state index in [0.29, 0.717) is 30.9 Å². The summed E-state index contributed by atoms with van der Waals surface area (Å²) in [7, 11) is 0. The Labute approximate surface area is 230 Å². The van der Waals surface area contributed by atoms with Crippen molar-refractivity contribution in [3.05, 3.63) is 82.2 Å². The van der Waals surface area contributed by atoms with Crippen molar-refractivity contribution in [2.75, 3.05) is 25.1 Å². The van der Waals surface area contributed by atoms with Gasteiger partial charge in [-0.05, 0) is 116 Å². The number of hydrogen-bond donors (Lipinski definition) is 3. The van der Waals surface area contributed by atoms with Gasteiger partial charge in [0.2, 0.25) is 0 Å². The summed E-state index contributed by atoms with van der Waals surface area (Å²) in [6.45, 7) is 9.49. The SMILES string of the molecule is Cc1cc(OCC2CCOCC2)cc(C)c1-c1cccc(CNc2ccc(CCC3N=NNN3)c(F)c2)c1C. The van der Waals surface area contributed by atoms with Crippen LogP contribution in [0.4, 0.5) is 10.1 Å². The minimum absolute atomic E-state index is 0.120. The molecule has 1 saturated heterocycles. The molecule has 2 aliphatic rings. The first-order chi connectivity index (χ1) is 19.0. The molecule has 2 heterocycles. The molecule has 3 N–H and O–H groups in total. The van der Waals surface area contributed by atoms with Crippen molar-refractivity contribution < 1.29 is 13.9 Å². The number of nitrogens with one attached hydrogen (secondary N) is 3. The summed E-state index contributed by atoms with van der Waals surface area (Å²) in [4.78, 5) is 0. The Hall–Kier alpha value is -3.49. The van der Waals surface area contributed by atoms with E-state index in [1.54, 1.807) is 6.07 Å². The Morgan fingerprint density at radius 2 is 1.82 bits per heavy atom. The summed E-state index contributed by atoms with van der Waals surface area (Å²) >= 11 is 0. The quantitative estimate of drug-likeness (QED) is 0.276. The fraction of sp³-hybridized carbons (Fsp3) is 0.419. The lowest BCUT2D eigenvalue weighted by Gasteiger charge is -2.23. The van der Waals surface area contributed by atoms with Gasteiger partial charge in [0.25, 0.3) is 0 Å². The van der Waals surface area contributed by atoms with Crippen molar-refractivity contribution in [1.82, 2.24) is 11.0 Å². The molecule has 0 saturated carbocycles. The lowest BCUT2D eigenvalue weighted by Crippen LogP contribution is -2.30. The monoisotopic (exact) mass is 531 g/mol. The minimum Gasteiger partial charge on any atom is -0.493 e. The van der Waals surface area contributed by atoms with E-state index in [9.17, 15) is 4.39 Å². The van der Waals surface area contributed by atoms with E-state index in [4.69, 9.17) is 9.47 Å². The van der Waals surface area contributed by atoms with Crippen molar-refractivity contribution in [3.63, 3.8) is 0 Å². The van der Waals surface area contributed by atoms with Crippen molar-refractivity contribution >= 4 is 5.69 Å². The summed E-state index contributed by atoms with van der Waals surface area (Å²) in [6.07, 6.45) is 3.27. The Balaban J connectivity index is 1.24. The van der Waals surface area contributed by atoms with Crippen LogP contribution in [0.25, 0.3) is 11.1 Å². The third kappa shape index (κ3) is 6.75. The van der Waals surface area contributed by atoms with Gasteiger partial charge in [-0.2, -0.15) is 5.43 Å². The van der Waals surface area contributed by atoms with Crippen LogP contribution in [0.5, 0.6) is 5.75 Å². The standard InChI is InChI=1S/C31H38FN5O2/c1-20-15-27(39-19-23-11-13-38-14-12-23)16-21(2)31(20)28-6-4-5-25(22(28)3)18-33-26-9-7-24(29(32)17-26)8-10-30-34-36-37-35-30/h4-7,9,15-17,23,30,33H,8,10-14,18-19H2,1-3H3,(H,34,37)(H,35,36). The smallest absolute Gasteiger partial charge is 0.141 e. The molecule has 1 atom stereocenters. The Kier molecular flexibility index (Phi) is 8.74. The predicted octanol–water partition coefficient (Wildman–Crippen LogP) is 6.57. The van der Waals surface area contributed by atoms with Crippen molar-refractivity contribution in [1.29, 1.82) is 0 Å². The highest BCUT2D eigenvalue weighted by Gasteiger charge is 2.17. The number of benzene rings is 3. The highest BCUT2D eigenvalue weighted by molar-refractivity contribution is 5.75. The zero-order valence-electron chi connectivity index (χ0n) is 23.0. The van der Waals surface area contributed by atoms with Crippen molar-refractivity contribution in [3.8, 4) is 16.9 Å². The van der Waals surface area contributed by atoms with E-state index in [1.807, 2.05) is 12.1 Å². The van der Waals surface area contributed by atoms with Crippen molar-refractivity contribution in [2.24, 2.45) is 16.3 Å². The maximum absolute atomic E-state index is 14.8. The number of nitrogens with zero attached hydrogens (tertiary/aromatic N) is 2. The van der Waals surface area contributed by atoms with Crippen LogP contribution in [0, 0.1) is 32.5 Å². The molecule has 1 fully saturated rings. The number of anilines is 1. The maximum atomic E-state index is 14.8. The van der Waals surface area contributed by atoms with Crippen molar-refractivity contribution in [2.45, 2.75) is 59.2 Å². The summed E-state index contributed by atoms with van der Waals surface area (Å²) in [5, 5.41) is 11.1. The van der Waals surface area contributed by atoms with E-state index in [0.717, 1.165) is 44.1 Å². The normalized spacial score (nSPS) is 17.3. The van der Waals surface area contributed by atoms with Gasteiger partial charge in [0.1, 0.15) is 17.7 Å². The molecule has 3 aromatic carbocycles. The Bertz CT molecular complexity index is 1300. The summed E-state index contributed by atoms with van der Waals surface area (Å²) in [6, 6.07) is 16.1. The highest BCUT2D eigenvalue weighted by Crippen LogP contribution is 2.34. The summed E-state index contributed by atoms with van der Waals surface area (Å²) < 4.78 is 26.4. The molecule has 0 aliphatic carbocycles. The lowest BCUT2D eigenvalue weighted by atomic mass is 9.90. The fourth-order valence-corrected chi connectivity index (χ4v) is 5.42. The molecule has 0 radical (unpaired) electrons. The van der Waals surface area contributed by atoms with Gasteiger partial charge < -0.3 is 14.8 Å². The van der Waals surface area contributed by atoms with Gasteiger partial charge >= 0.3 is 0 Å². The minimum atomic E-state index is -0.209. The van der Waals surface area contributed by atoms with E-state index in [1.165, 1.54) is 33.4 Å². The van der Waals surface area contributed by atoms with Crippen LogP contribution in [-0.4, -0.2) is 26.0 Å². The van der Waals surface area contributed by atoms with E-state index in [-0.39, 0.29) is 12.0 Å². The first kappa shape index (κ1) is 27.1. The topological polar surface area (TPSA) is 79.3 Å². The van der Waals surface area contributed by atoms with E-state index < -0.39 is 0 Å². The van der Waals surface area contributed by atoms with Gasteiger partial charge in [-0.15, -0.1) is 5.11 Å². The van der Waals surface area contributed by atoms with Crippen LogP contribution in [0.3, 0.4) is 0 Å². The van der Waals surface area contributed by atoms with Crippen LogP contribution in [0.15, 0.2) is 58.9 Å². The van der Waals surface area contributed by atoms with Gasteiger partial charge in [-0.3, -0.25) is 0 Å². The number of hydrazine groups is 1. The molecule has 0 spiro atoms. The molecule has 2 aliphatic heterocycles. The molecule has 0 amide bonds. The number of halogens is 1. The molecule has 5 rings (SSSR count). The molecule has 206 valence electrons. The number of aryl methyl sites for hydroxylation is 3. The molecule has 8 heteroatoms. The number of ether oxygens (including phenoxy) is 2. The van der Waals surface area contributed by atoms with Crippen LogP contribution in [-0.2, 0) is 17.7 Å². The van der Waals surface area contributed by atoms with Crippen LogP contribution >= 0.6 is 0 Å². The largest absolute Gasteiger partial charge is 0.493 e. The van der Waals surface area contributed by atoms with E-state index in [2.05, 4.69) is 77.7 Å². The van der Waals surface area contributed by atoms with Crippen LogP contribution in [0.2, 0.25) is 0 Å². The van der Waals surface area contributed by atoms with Gasteiger partial charge in [-0.1, -0.05) is 29.5 Å². The average Bonchev–Trinajstić information content (AvgIpc) is 3.46. The van der Waals surface area contributed by atoms with Gasteiger partial charge in [0.15, 0.2) is 0 Å². The zero-order valence-corrected chi connectivity index (χ0v) is 23.0. The lowest BCUT2D eigenvalue weighted by molar-refractivity contribution is 0.0497. The average molecular weight is 532 g/mol.